The van der Waals surface area contributed by atoms with Crippen LogP contribution in [0.5, 0.6) is 5.75 Å². The van der Waals surface area contributed by atoms with Gasteiger partial charge in [0, 0.05) is 5.56 Å². The van der Waals surface area contributed by atoms with Crippen LogP contribution in [0, 0.1) is 11.7 Å². The number of hydrogen-bond donors (Lipinski definition) is 1. The molecular formula is C30H30FN3O5. The number of hydrogen-bond acceptors (Lipinski definition) is 7. The Morgan fingerprint density at radius 2 is 1.64 bits per heavy atom. The van der Waals surface area contributed by atoms with E-state index in [1.807, 2.05) is 12.1 Å². The number of aliphatic carboxylic acids is 1. The standard InChI is InChI=1S/C30H30FN3O5/c1-19(2)23-8-10-24(11-9-23)29-32-28(39-34-29)18-37-26-14-6-21(7-15-26)16-27(30(35)36)20(3)33-38-17-22-4-12-25(31)13-5-22/h4-15,19,27H,16-18H2,1-3H3,(H,35,36). The summed E-state index contributed by atoms with van der Waals surface area (Å²) >= 11 is 0. The Balaban J connectivity index is 1.30. The first kappa shape index (κ1) is 27.5. The summed E-state index contributed by atoms with van der Waals surface area (Å²) in [6.45, 7) is 6.10. The third-order valence-electron chi connectivity index (χ3n) is 6.18. The largest absolute Gasteiger partial charge is 0.484 e. The quantitative estimate of drug-likeness (QED) is 0.166. The van der Waals surface area contributed by atoms with Gasteiger partial charge in [0.1, 0.15) is 24.1 Å². The number of carboxylic acids is 1. The Morgan fingerprint density at radius 3 is 2.28 bits per heavy atom. The van der Waals surface area contributed by atoms with Crippen LogP contribution in [0.2, 0.25) is 0 Å². The van der Waals surface area contributed by atoms with Gasteiger partial charge in [0.25, 0.3) is 5.89 Å². The van der Waals surface area contributed by atoms with Crippen molar-refractivity contribution in [3.05, 3.63) is 101 Å². The summed E-state index contributed by atoms with van der Waals surface area (Å²) in [6, 6.07) is 21.0. The average Bonchev–Trinajstić information content (AvgIpc) is 3.41. The Kier molecular flexibility index (Phi) is 9.04. The molecule has 0 aliphatic heterocycles. The second-order valence-electron chi connectivity index (χ2n) is 9.45. The van der Waals surface area contributed by atoms with Gasteiger partial charge in [0.05, 0.1) is 5.71 Å². The first-order valence-electron chi connectivity index (χ1n) is 12.6. The van der Waals surface area contributed by atoms with Gasteiger partial charge in [-0.15, -0.1) is 0 Å². The summed E-state index contributed by atoms with van der Waals surface area (Å²) in [6.07, 6.45) is 0.230. The molecule has 1 heterocycles. The molecule has 9 heteroatoms. The second-order valence-corrected chi connectivity index (χ2v) is 9.45. The van der Waals surface area contributed by atoms with E-state index in [1.54, 1.807) is 43.3 Å². The molecule has 0 saturated carbocycles. The summed E-state index contributed by atoms with van der Waals surface area (Å²) in [7, 11) is 0. The van der Waals surface area contributed by atoms with Gasteiger partial charge in [-0.2, -0.15) is 4.98 Å². The van der Waals surface area contributed by atoms with E-state index in [9.17, 15) is 14.3 Å². The molecule has 1 aromatic heterocycles. The Bertz CT molecular complexity index is 1400. The van der Waals surface area contributed by atoms with E-state index in [1.165, 1.54) is 17.7 Å². The maximum Gasteiger partial charge on any atom is 0.312 e. The molecule has 0 saturated heterocycles. The smallest absolute Gasteiger partial charge is 0.312 e. The van der Waals surface area contributed by atoms with Crippen molar-refractivity contribution in [1.82, 2.24) is 10.1 Å². The lowest BCUT2D eigenvalue weighted by Crippen LogP contribution is -2.24. The average molecular weight is 532 g/mol. The molecule has 4 aromatic rings. The number of aromatic nitrogens is 2. The molecular weight excluding hydrogens is 501 g/mol. The van der Waals surface area contributed by atoms with Crippen LogP contribution in [0.15, 0.2) is 82.5 Å². The van der Waals surface area contributed by atoms with Crippen LogP contribution in [-0.2, 0) is 29.3 Å². The van der Waals surface area contributed by atoms with Gasteiger partial charge in [-0.05, 0) is 60.2 Å². The molecule has 1 unspecified atom stereocenters. The fourth-order valence-corrected chi connectivity index (χ4v) is 3.82. The Labute approximate surface area is 226 Å². The van der Waals surface area contributed by atoms with Crippen molar-refractivity contribution in [2.45, 2.75) is 46.3 Å². The van der Waals surface area contributed by atoms with Gasteiger partial charge in [-0.1, -0.05) is 72.7 Å². The van der Waals surface area contributed by atoms with E-state index < -0.39 is 11.9 Å². The number of nitrogens with zero attached hydrogens (tertiary/aromatic N) is 3. The molecule has 0 spiro atoms. The van der Waals surface area contributed by atoms with E-state index in [4.69, 9.17) is 14.1 Å². The molecule has 0 radical (unpaired) electrons. The molecule has 39 heavy (non-hydrogen) atoms. The monoisotopic (exact) mass is 531 g/mol. The van der Waals surface area contributed by atoms with Crippen molar-refractivity contribution < 1.29 is 28.4 Å². The number of oxime groups is 1. The maximum absolute atomic E-state index is 13.0. The lowest BCUT2D eigenvalue weighted by molar-refractivity contribution is -0.139. The molecule has 202 valence electrons. The van der Waals surface area contributed by atoms with Crippen molar-refractivity contribution in [3.8, 4) is 17.1 Å². The van der Waals surface area contributed by atoms with Crippen LogP contribution in [0.3, 0.4) is 0 Å². The zero-order valence-corrected chi connectivity index (χ0v) is 22.0. The molecule has 8 nitrogen and oxygen atoms in total. The van der Waals surface area contributed by atoms with Gasteiger partial charge in [0.15, 0.2) is 6.61 Å². The zero-order valence-electron chi connectivity index (χ0n) is 22.0. The Hall–Kier alpha value is -4.53. The highest BCUT2D eigenvalue weighted by atomic mass is 19.1. The molecule has 1 atom stereocenters. The van der Waals surface area contributed by atoms with E-state index in [-0.39, 0.29) is 25.5 Å². The predicted molar refractivity (Wildman–Crippen MR) is 144 cm³/mol. The summed E-state index contributed by atoms with van der Waals surface area (Å²) in [5, 5.41) is 17.7. The number of carboxylic acid groups (broad SMARTS) is 1. The van der Waals surface area contributed by atoms with Crippen LogP contribution in [0.1, 0.15) is 49.3 Å². The van der Waals surface area contributed by atoms with Crippen molar-refractivity contribution >= 4 is 11.7 Å². The third kappa shape index (κ3) is 7.73. The maximum atomic E-state index is 13.0. The van der Waals surface area contributed by atoms with Gasteiger partial charge < -0.3 is 19.2 Å². The zero-order chi connectivity index (χ0) is 27.8. The van der Waals surface area contributed by atoms with Gasteiger partial charge in [-0.25, -0.2) is 4.39 Å². The van der Waals surface area contributed by atoms with E-state index in [0.29, 0.717) is 29.1 Å². The van der Waals surface area contributed by atoms with Gasteiger partial charge >= 0.3 is 5.97 Å². The number of carbonyl (C=O) groups is 1. The van der Waals surface area contributed by atoms with E-state index in [0.717, 1.165) is 16.7 Å². The Morgan fingerprint density at radius 1 is 0.974 bits per heavy atom. The highest BCUT2D eigenvalue weighted by molar-refractivity contribution is 6.00. The summed E-state index contributed by atoms with van der Waals surface area (Å²) in [5.41, 5.74) is 3.96. The van der Waals surface area contributed by atoms with E-state index in [2.05, 4.69) is 41.3 Å². The SMILES string of the molecule is CC(=NOCc1ccc(F)cc1)C(Cc1ccc(OCc2nc(-c3ccc(C(C)C)cc3)no2)cc1)C(=O)O. The van der Waals surface area contributed by atoms with Gasteiger partial charge in [0.2, 0.25) is 5.82 Å². The molecule has 0 bridgehead atoms. The van der Waals surface area contributed by atoms with Crippen molar-refractivity contribution in [3.63, 3.8) is 0 Å². The highest BCUT2D eigenvalue weighted by Gasteiger charge is 2.22. The fourth-order valence-electron chi connectivity index (χ4n) is 3.82. The lowest BCUT2D eigenvalue weighted by atomic mass is 9.95. The first-order valence-corrected chi connectivity index (χ1v) is 12.6. The van der Waals surface area contributed by atoms with Crippen molar-refractivity contribution in [1.29, 1.82) is 0 Å². The van der Waals surface area contributed by atoms with Crippen molar-refractivity contribution in [2.75, 3.05) is 0 Å². The number of halogens is 1. The van der Waals surface area contributed by atoms with E-state index >= 15 is 0 Å². The lowest BCUT2D eigenvalue weighted by Gasteiger charge is -2.13. The molecule has 0 amide bonds. The van der Waals surface area contributed by atoms with Crippen LogP contribution in [0.25, 0.3) is 11.4 Å². The van der Waals surface area contributed by atoms with Crippen LogP contribution >= 0.6 is 0 Å². The summed E-state index contributed by atoms with van der Waals surface area (Å²) < 4.78 is 24.1. The normalized spacial score (nSPS) is 12.4. The van der Waals surface area contributed by atoms with Crippen LogP contribution in [0.4, 0.5) is 4.39 Å². The molecule has 0 aliphatic rings. The minimum atomic E-state index is -1.01. The topological polar surface area (TPSA) is 107 Å². The third-order valence-corrected chi connectivity index (χ3v) is 6.18. The predicted octanol–water partition coefficient (Wildman–Crippen LogP) is 6.41. The van der Waals surface area contributed by atoms with Gasteiger partial charge in [-0.3, -0.25) is 4.79 Å². The molecule has 3 aromatic carbocycles. The summed E-state index contributed by atoms with van der Waals surface area (Å²) in [5.74, 6) is -0.338. The first-order chi connectivity index (χ1) is 18.8. The minimum absolute atomic E-state index is 0.103. The minimum Gasteiger partial charge on any atom is -0.484 e. The number of rotatable bonds is 12. The fraction of sp³-hybridized carbons (Fsp3) is 0.267. The molecule has 4 rings (SSSR count). The number of benzene rings is 3. The van der Waals surface area contributed by atoms with Crippen LogP contribution < -0.4 is 4.74 Å². The second kappa shape index (κ2) is 12.8. The molecule has 0 aliphatic carbocycles. The summed E-state index contributed by atoms with van der Waals surface area (Å²) in [4.78, 5) is 21.6. The molecule has 1 N–H and O–H groups in total. The highest BCUT2D eigenvalue weighted by Crippen LogP contribution is 2.22. The van der Waals surface area contributed by atoms with Crippen LogP contribution in [-0.4, -0.2) is 26.9 Å². The molecule has 0 fully saturated rings. The van der Waals surface area contributed by atoms with Crippen molar-refractivity contribution in [2.24, 2.45) is 11.1 Å². The number of ether oxygens (including phenoxy) is 1.